The fourth-order valence-corrected chi connectivity index (χ4v) is 2.14. The summed E-state index contributed by atoms with van der Waals surface area (Å²) in [5.74, 6) is 0.514. The number of alkyl halides is 1. The number of halogens is 1. The number of benzene rings is 1. The summed E-state index contributed by atoms with van der Waals surface area (Å²) >= 11 is 3.45. The zero-order valence-electron chi connectivity index (χ0n) is 8.27. The highest BCUT2D eigenvalue weighted by molar-refractivity contribution is 9.09. The zero-order valence-corrected chi connectivity index (χ0v) is 9.86. The second kappa shape index (κ2) is 4.23. The van der Waals surface area contributed by atoms with E-state index < -0.39 is 0 Å². The van der Waals surface area contributed by atoms with Crippen LogP contribution in [0.5, 0.6) is 5.75 Å². The number of fused-ring (bicyclic) bond motifs is 1. The monoisotopic (exact) mass is 270 g/mol. The molecular weight excluding hydrogens is 260 g/mol. The minimum absolute atomic E-state index is 0.0105. The molecule has 1 aromatic rings. The van der Waals surface area contributed by atoms with Crippen LogP contribution in [0.4, 0.5) is 0 Å². The Balaban J connectivity index is 2.32. The molecule has 0 amide bonds. The van der Waals surface area contributed by atoms with Gasteiger partial charge in [0.05, 0.1) is 4.83 Å². The summed E-state index contributed by atoms with van der Waals surface area (Å²) in [5, 5.41) is 0. The highest BCUT2D eigenvalue weighted by atomic mass is 79.9. The normalized spacial score (nSPS) is 23.9. The van der Waals surface area contributed by atoms with Gasteiger partial charge >= 0.3 is 5.97 Å². The molecule has 3 nitrogen and oxygen atoms in total. The summed E-state index contributed by atoms with van der Waals surface area (Å²) < 4.78 is 10.8. The van der Waals surface area contributed by atoms with Crippen LogP contribution in [0.1, 0.15) is 18.6 Å². The summed E-state index contributed by atoms with van der Waals surface area (Å²) in [4.78, 5) is 11.0. The third kappa shape index (κ3) is 2.15. The van der Waals surface area contributed by atoms with E-state index in [1.165, 1.54) is 6.92 Å². The van der Waals surface area contributed by atoms with E-state index in [9.17, 15) is 4.79 Å². The van der Waals surface area contributed by atoms with Crippen LogP contribution in [0.2, 0.25) is 0 Å². The van der Waals surface area contributed by atoms with Crippen molar-refractivity contribution < 1.29 is 14.3 Å². The molecule has 0 aliphatic carbocycles. The van der Waals surface area contributed by atoms with Gasteiger partial charge in [-0.25, -0.2) is 0 Å². The lowest BCUT2D eigenvalue weighted by Crippen LogP contribution is -2.29. The van der Waals surface area contributed by atoms with E-state index in [-0.39, 0.29) is 16.9 Å². The van der Waals surface area contributed by atoms with Crippen molar-refractivity contribution in [2.75, 3.05) is 6.61 Å². The van der Waals surface area contributed by atoms with Crippen molar-refractivity contribution in [3.05, 3.63) is 29.8 Å². The van der Waals surface area contributed by atoms with E-state index >= 15 is 0 Å². The first kappa shape index (κ1) is 10.5. The van der Waals surface area contributed by atoms with Crippen LogP contribution < -0.4 is 4.74 Å². The number of hydrogen-bond donors (Lipinski definition) is 0. The van der Waals surface area contributed by atoms with Crippen LogP contribution in [-0.4, -0.2) is 17.4 Å². The van der Waals surface area contributed by atoms with Gasteiger partial charge in [0.1, 0.15) is 18.5 Å². The number of hydrogen-bond acceptors (Lipinski definition) is 3. The maximum absolute atomic E-state index is 11.0. The molecule has 0 aromatic heterocycles. The maximum atomic E-state index is 11.0. The van der Waals surface area contributed by atoms with Crippen LogP contribution in [0.3, 0.4) is 0 Å². The van der Waals surface area contributed by atoms with E-state index in [0.29, 0.717) is 6.61 Å². The second-order valence-electron chi connectivity index (χ2n) is 3.39. The van der Waals surface area contributed by atoms with Crippen LogP contribution in [-0.2, 0) is 9.53 Å². The number of carbonyl (C=O) groups is 1. The lowest BCUT2D eigenvalue weighted by atomic mass is 10.0. The molecule has 0 saturated heterocycles. The van der Waals surface area contributed by atoms with E-state index in [1.807, 2.05) is 24.3 Å². The van der Waals surface area contributed by atoms with Gasteiger partial charge in [-0.2, -0.15) is 0 Å². The Labute approximate surface area is 96.5 Å². The van der Waals surface area contributed by atoms with Crippen molar-refractivity contribution in [1.82, 2.24) is 0 Å². The molecule has 0 spiro atoms. The molecule has 0 fully saturated rings. The van der Waals surface area contributed by atoms with Crippen molar-refractivity contribution in [3.63, 3.8) is 0 Å². The molecule has 1 heterocycles. The smallest absolute Gasteiger partial charge is 0.303 e. The van der Waals surface area contributed by atoms with Crippen molar-refractivity contribution in [2.24, 2.45) is 0 Å². The topological polar surface area (TPSA) is 35.5 Å². The van der Waals surface area contributed by atoms with Gasteiger partial charge in [0.25, 0.3) is 0 Å². The van der Waals surface area contributed by atoms with Gasteiger partial charge in [-0.15, -0.1) is 0 Å². The first-order chi connectivity index (χ1) is 7.18. The SMILES string of the molecule is CC(=O)O[C@@H]1c2ccccc2OC[C@H]1Br. The molecular formula is C11H11BrO3. The largest absolute Gasteiger partial charge is 0.492 e. The van der Waals surface area contributed by atoms with Crippen LogP contribution in [0.15, 0.2) is 24.3 Å². The molecule has 0 saturated carbocycles. The van der Waals surface area contributed by atoms with Crippen LogP contribution in [0, 0.1) is 0 Å². The Hall–Kier alpha value is -1.03. The number of carbonyl (C=O) groups excluding carboxylic acids is 1. The molecule has 1 aliphatic rings. The molecule has 15 heavy (non-hydrogen) atoms. The van der Waals surface area contributed by atoms with Gasteiger partial charge in [0.15, 0.2) is 0 Å². The standard InChI is InChI=1S/C11H11BrO3/c1-7(13)15-11-8-4-2-3-5-10(8)14-6-9(11)12/h2-5,9,11H,6H2,1H3/t9-,11-/m1/s1. The van der Waals surface area contributed by atoms with E-state index in [4.69, 9.17) is 9.47 Å². The second-order valence-corrected chi connectivity index (χ2v) is 4.57. The van der Waals surface area contributed by atoms with E-state index in [1.54, 1.807) is 0 Å². The Morgan fingerprint density at radius 3 is 3.00 bits per heavy atom. The van der Waals surface area contributed by atoms with Crippen LogP contribution in [0.25, 0.3) is 0 Å². The number of rotatable bonds is 1. The third-order valence-electron chi connectivity index (χ3n) is 2.25. The average molecular weight is 271 g/mol. The highest BCUT2D eigenvalue weighted by Gasteiger charge is 2.31. The van der Waals surface area contributed by atoms with Crippen molar-refractivity contribution >= 4 is 21.9 Å². The van der Waals surface area contributed by atoms with E-state index in [2.05, 4.69) is 15.9 Å². The Morgan fingerprint density at radius 2 is 2.27 bits per heavy atom. The number of para-hydroxylation sites is 1. The van der Waals surface area contributed by atoms with Crippen LogP contribution >= 0.6 is 15.9 Å². The van der Waals surface area contributed by atoms with Crippen molar-refractivity contribution in [2.45, 2.75) is 17.9 Å². The molecule has 1 aliphatic heterocycles. The van der Waals surface area contributed by atoms with Gasteiger partial charge in [0, 0.05) is 12.5 Å². The maximum Gasteiger partial charge on any atom is 0.303 e. The Morgan fingerprint density at radius 1 is 1.53 bits per heavy atom. The van der Waals surface area contributed by atoms with Crippen molar-refractivity contribution in [3.8, 4) is 5.75 Å². The molecule has 80 valence electrons. The van der Waals surface area contributed by atoms with Gasteiger partial charge in [-0.3, -0.25) is 4.79 Å². The van der Waals surface area contributed by atoms with Gasteiger partial charge in [0.2, 0.25) is 0 Å². The minimum atomic E-state index is -0.277. The summed E-state index contributed by atoms with van der Waals surface area (Å²) in [5.41, 5.74) is 0.917. The quantitative estimate of drug-likeness (QED) is 0.581. The molecule has 0 N–H and O–H groups in total. The summed E-state index contributed by atoms with van der Waals surface area (Å²) in [7, 11) is 0. The van der Waals surface area contributed by atoms with Gasteiger partial charge < -0.3 is 9.47 Å². The third-order valence-corrected chi connectivity index (χ3v) is 2.99. The predicted molar refractivity (Wildman–Crippen MR) is 59.2 cm³/mol. The molecule has 0 unspecified atom stereocenters. The molecule has 2 atom stereocenters. The number of ether oxygens (including phenoxy) is 2. The first-order valence-corrected chi connectivity index (χ1v) is 5.63. The zero-order chi connectivity index (χ0) is 10.8. The Bertz CT molecular complexity index is 378. The molecule has 2 rings (SSSR count). The molecule has 4 heteroatoms. The van der Waals surface area contributed by atoms with E-state index in [0.717, 1.165) is 11.3 Å². The molecule has 0 bridgehead atoms. The first-order valence-electron chi connectivity index (χ1n) is 4.71. The fourth-order valence-electron chi connectivity index (χ4n) is 1.61. The predicted octanol–water partition coefficient (Wildman–Crippen LogP) is 2.45. The Kier molecular flexibility index (Phi) is 2.95. The van der Waals surface area contributed by atoms with Gasteiger partial charge in [-0.05, 0) is 6.07 Å². The molecule has 1 aromatic carbocycles. The fraction of sp³-hybridized carbons (Fsp3) is 0.364. The molecule has 0 radical (unpaired) electrons. The summed E-state index contributed by atoms with van der Waals surface area (Å²) in [6.07, 6.45) is -0.257. The van der Waals surface area contributed by atoms with Crippen molar-refractivity contribution in [1.29, 1.82) is 0 Å². The summed E-state index contributed by atoms with van der Waals surface area (Å²) in [6.45, 7) is 1.92. The highest BCUT2D eigenvalue weighted by Crippen LogP contribution is 2.37. The minimum Gasteiger partial charge on any atom is -0.492 e. The van der Waals surface area contributed by atoms with Gasteiger partial charge in [-0.1, -0.05) is 34.1 Å². The average Bonchev–Trinajstić information content (AvgIpc) is 2.22. The summed E-state index contributed by atoms with van der Waals surface area (Å²) in [6, 6.07) is 7.60. The lowest BCUT2D eigenvalue weighted by Gasteiger charge is -2.29. The lowest BCUT2D eigenvalue weighted by molar-refractivity contribution is -0.147. The number of esters is 1.